The molecule has 3 aromatic rings. The number of hydrogen-bond acceptors (Lipinski definition) is 13. The molecule has 3 aromatic heterocycles. The van der Waals surface area contributed by atoms with E-state index in [0.717, 1.165) is 16.4 Å². The number of hydrogen-bond donors (Lipinski definition) is 4. The standard InChI is InChI=1S/C18H16N10O5S2/c19-8-5-26(9-2-1-3-21-28(8)9)4-7-6-34-16-11(15(30)27(16)12(7)17(31)32)22-14(29)10(24-33)13-23-18(20)35-25-13/h1-3,5,11,16H,4,6H2,(H6-,19,20,21,22,23,25,29,31,32,33)/t11-,16-/m1/s1. The molecule has 0 aliphatic carbocycles. The van der Waals surface area contributed by atoms with Crippen molar-refractivity contribution in [2.24, 2.45) is 5.16 Å². The van der Waals surface area contributed by atoms with E-state index in [1.54, 1.807) is 29.1 Å². The first-order valence-electron chi connectivity index (χ1n) is 9.92. The maximum absolute atomic E-state index is 12.9. The summed E-state index contributed by atoms with van der Waals surface area (Å²) < 4.78 is 7.04. The van der Waals surface area contributed by atoms with Gasteiger partial charge in [-0.25, -0.2) is 4.57 Å². The molecule has 2 atom stereocenters. The maximum atomic E-state index is 12.9. The number of nitrogens with one attached hydrogen (secondary N) is 1. The molecule has 5 rings (SSSR count). The topological polar surface area (TPSA) is 221 Å². The van der Waals surface area contributed by atoms with Crippen LogP contribution >= 0.6 is 23.3 Å². The highest BCUT2D eigenvalue weighted by molar-refractivity contribution is 8.00. The van der Waals surface area contributed by atoms with Gasteiger partial charge in [0, 0.05) is 28.9 Å². The van der Waals surface area contributed by atoms with Crippen LogP contribution in [0.25, 0.3) is 5.65 Å². The molecule has 0 radical (unpaired) electrons. The van der Waals surface area contributed by atoms with Crippen LogP contribution in [0.5, 0.6) is 0 Å². The number of nitrogen functional groups attached to an aromatic ring is 2. The minimum absolute atomic E-state index is 0.0605. The Labute approximate surface area is 203 Å². The molecule has 0 unspecified atom stereocenters. The molecule has 5 heterocycles. The minimum atomic E-state index is -1.52. The number of thioether (sulfide) groups is 1. The number of anilines is 2. The Morgan fingerprint density at radius 1 is 1.40 bits per heavy atom. The van der Waals surface area contributed by atoms with Crippen molar-refractivity contribution in [3.63, 3.8) is 0 Å². The average molecular weight is 517 g/mol. The Morgan fingerprint density at radius 2 is 2.20 bits per heavy atom. The summed E-state index contributed by atoms with van der Waals surface area (Å²) >= 11 is 2.07. The van der Waals surface area contributed by atoms with Gasteiger partial charge in [-0.2, -0.15) is 9.36 Å². The number of rotatable bonds is 6. The van der Waals surface area contributed by atoms with Crippen molar-refractivity contribution < 1.29 is 29.3 Å². The van der Waals surface area contributed by atoms with Crippen molar-refractivity contribution in [1.29, 1.82) is 0 Å². The summed E-state index contributed by atoms with van der Waals surface area (Å²) in [6.45, 7) is 0.133. The zero-order valence-electron chi connectivity index (χ0n) is 17.6. The SMILES string of the molecule is Nc1nc(/C(=N\O)C(=O)N[C@@H]2C(=O)N3C(C(=O)[O-])=C(C[n+]4cc(N)n5ncccc54)CS[C@H]23)ns1. The summed E-state index contributed by atoms with van der Waals surface area (Å²) in [4.78, 5) is 42.4. The third-order valence-electron chi connectivity index (χ3n) is 5.41. The molecule has 0 spiro atoms. The normalized spacial score (nSPS) is 20.1. The molecule has 0 bridgehead atoms. The molecular formula is C18H16N10O5S2. The number of nitrogens with zero attached hydrogens (tertiary/aromatic N) is 7. The van der Waals surface area contributed by atoms with Gasteiger partial charge in [-0.05, 0) is 6.07 Å². The fraction of sp³-hybridized carbons (Fsp3) is 0.222. The fourth-order valence-corrected chi connectivity index (χ4v) is 5.69. The van der Waals surface area contributed by atoms with Crippen LogP contribution in [0.1, 0.15) is 5.82 Å². The van der Waals surface area contributed by atoms with Gasteiger partial charge in [-0.15, -0.1) is 11.8 Å². The highest BCUT2D eigenvalue weighted by Crippen LogP contribution is 2.40. The highest BCUT2D eigenvalue weighted by Gasteiger charge is 2.53. The summed E-state index contributed by atoms with van der Waals surface area (Å²) in [5.74, 6) is -2.66. The second-order valence-corrected chi connectivity index (χ2v) is 9.37. The molecule has 1 saturated heterocycles. The van der Waals surface area contributed by atoms with Crippen molar-refractivity contribution in [1.82, 2.24) is 29.2 Å². The van der Waals surface area contributed by atoms with E-state index in [2.05, 4.69) is 24.9 Å². The molecule has 180 valence electrons. The first kappa shape index (κ1) is 22.5. The maximum Gasteiger partial charge on any atom is 0.309 e. The van der Waals surface area contributed by atoms with Crippen LogP contribution in [-0.2, 0) is 20.9 Å². The first-order valence-corrected chi connectivity index (χ1v) is 11.7. The Morgan fingerprint density at radius 3 is 2.89 bits per heavy atom. The van der Waals surface area contributed by atoms with Crippen LogP contribution in [0.15, 0.2) is 41.0 Å². The molecule has 0 saturated carbocycles. The molecule has 15 nitrogen and oxygen atoms in total. The zero-order valence-corrected chi connectivity index (χ0v) is 19.2. The van der Waals surface area contributed by atoms with Gasteiger partial charge in [-0.3, -0.25) is 14.5 Å². The Bertz CT molecular complexity index is 1450. The number of nitrogens with two attached hydrogens (primary N) is 2. The number of carbonyl (C=O) groups excluding carboxylic acids is 3. The van der Waals surface area contributed by atoms with Gasteiger partial charge in [0.05, 0.1) is 17.9 Å². The largest absolute Gasteiger partial charge is 0.543 e. The zero-order chi connectivity index (χ0) is 24.9. The van der Waals surface area contributed by atoms with Crippen LogP contribution in [0, 0.1) is 0 Å². The van der Waals surface area contributed by atoms with Crippen molar-refractivity contribution in [2.75, 3.05) is 17.2 Å². The molecule has 6 N–H and O–H groups in total. The van der Waals surface area contributed by atoms with E-state index in [9.17, 15) is 24.7 Å². The Kier molecular flexibility index (Phi) is 5.48. The molecule has 2 aliphatic rings. The lowest BCUT2D eigenvalue weighted by molar-refractivity contribution is -0.662. The Balaban J connectivity index is 1.38. The molecular weight excluding hydrogens is 500 g/mol. The van der Waals surface area contributed by atoms with Gasteiger partial charge < -0.3 is 31.9 Å². The van der Waals surface area contributed by atoms with Gasteiger partial charge >= 0.3 is 5.65 Å². The van der Waals surface area contributed by atoms with Gasteiger partial charge in [0.15, 0.2) is 11.3 Å². The lowest BCUT2D eigenvalue weighted by Crippen LogP contribution is -2.71. The summed E-state index contributed by atoms with van der Waals surface area (Å²) in [7, 11) is 0. The quantitative estimate of drug-likeness (QED) is 0.0845. The van der Waals surface area contributed by atoms with Crippen LogP contribution in [0.4, 0.5) is 10.9 Å². The number of amides is 2. The number of aromatic nitrogens is 5. The summed E-state index contributed by atoms with van der Waals surface area (Å²) in [5, 5.41) is 30.1. The van der Waals surface area contributed by atoms with Crippen molar-refractivity contribution in [2.45, 2.75) is 18.0 Å². The van der Waals surface area contributed by atoms with E-state index >= 15 is 0 Å². The molecule has 17 heteroatoms. The van der Waals surface area contributed by atoms with Gasteiger partial charge in [0.25, 0.3) is 17.6 Å². The molecule has 2 aliphatic heterocycles. The predicted octanol–water partition coefficient (Wildman–Crippen LogP) is -3.08. The van der Waals surface area contributed by atoms with Crippen LogP contribution < -0.4 is 26.5 Å². The lowest BCUT2D eigenvalue weighted by Gasteiger charge is -2.50. The number of fused-ring (bicyclic) bond motifs is 2. The summed E-state index contributed by atoms with van der Waals surface area (Å²) in [5.41, 5.74) is 11.8. The van der Waals surface area contributed by atoms with Crippen LogP contribution in [0.3, 0.4) is 0 Å². The number of β-lactam (4-membered cyclic amide) rings is 1. The Hall–Kier alpha value is -4.25. The smallest absolute Gasteiger partial charge is 0.309 e. The second kappa shape index (κ2) is 8.51. The van der Waals surface area contributed by atoms with E-state index in [4.69, 9.17) is 11.5 Å². The third-order valence-corrected chi connectivity index (χ3v) is 7.30. The average Bonchev–Trinajstić information content (AvgIpc) is 3.40. The fourth-order valence-electron chi connectivity index (χ4n) is 3.92. The van der Waals surface area contributed by atoms with E-state index < -0.39 is 34.9 Å². The van der Waals surface area contributed by atoms with Crippen molar-refractivity contribution in [3.8, 4) is 0 Å². The number of imidazole rings is 1. The van der Waals surface area contributed by atoms with Crippen molar-refractivity contribution in [3.05, 3.63) is 41.6 Å². The second-order valence-electron chi connectivity index (χ2n) is 7.48. The van der Waals surface area contributed by atoms with Gasteiger partial charge in [-0.1, -0.05) is 14.8 Å². The third kappa shape index (κ3) is 3.69. The minimum Gasteiger partial charge on any atom is -0.543 e. The summed E-state index contributed by atoms with van der Waals surface area (Å²) in [6.07, 6.45) is 3.19. The number of carboxylic acids is 1. The van der Waals surface area contributed by atoms with Gasteiger partial charge in [0.1, 0.15) is 18.0 Å². The number of aliphatic carboxylic acids is 1. The number of oxime groups is 1. The first-order chi connectivity index (χ1) is 16.8. The molecule has 35 heavy (non-hydrogen) atoms. The molecule has 2 amide bonds. The lowest BCUT2D eigenvalue weighted by atomic mass is 10.0. The van der Waals surface area contributed by atoms with Gasteiger partial charge in [0.2, 0.25) is 11.5 Å². The number of carbonyl (C=O) groups is 3. The highest BCUT2D eigenvalue weighted by atomic mass is 32.2. The molecule has 1 fully saturated rings. The van der Waals surface area contributed by atoms with Crippen LogP contribution in [0.2, 0.25) is 0 Å². The monoisotopic (exact) mass is 516 g/mol. The van der Waals surface area contributed by atoms with E-state index in [1.165, 1.54) is 16.3 Å². The number of carboxylic acid groups (broad SMARTS) is 1. The van der Waals surface area contributed by atoms with Crippen LogP contribution in [-0.4, -0.2) is 69.7 Å². The van der Waals surface area contributed by atoms with E-state index in [-0.39, 0.29) is 29.0 Å². The molecule has 0 aromatic carbocycles. The van der Waals surface area contributed by atoms with E-state index in [0.29, 0.717) is 17.0 Å². The van der Waals surface area contributed by atoms with Crippen molar-refractivity contribution >= 4 is 63.4 Å². The predicted molar refractivity (Wildman–Crippen MR) is 119 cm³/mol. The summed E-state index contributed by atoms with van der Waals surface area (Å²) in [6, 6.07) is 2.43. The van der Waals surface area contributed by atoms with E-state index in [1.807, 2.05) is 0 Å².